The van der Waals surface area contributed by atoms with E-state index < -0.39 is 0 Å². The van der Waals surface area contributed by atoms with Crippen LogP contribution in [0.5, 0.6) is 5.75 Å². The van der Waals surface area contributed by atoms with E-state index in [1.165, 1.54) is 0 Å². The van der Waals surface area contributed by atoms with Crippen molar-refractivity contribution in [2.75, 3.05) is 0 Å². The van der Waals surface area contributed by atoms with E-state index in [4.69, 9.17) is 4.74 Å². The maximum atomic E-state index is 11.5. The lowest BCUT2D eigenvalue weighted by atomic mass is 10.0. The summed E-state index contributed by atoms with van der Waals surface area (Å²) >= 11 is 0. The molecule has 2 aromatic rings. The van der Waals surface area contributed by atoms with Crippen LogP contribution in [0.25, 0.3) is 10.8 Å². The van der Waals surface area contributed by atoms with Gasteiger partial charge < -0.3 is 4.74 Å². The third-order valence-corrected chi connectivity index (χ3v) is 2.66. The Bertz CT molecular complexity index is 576. The average Bonchev–Trinajstić information content (AvgIpc) is 2.23. The molecule has 1 atom stereocenters. The molecule has 4 nitrogen and oxygen atoms in total. The number of aromatic amines is 1. The molecule has 1 aliphatic heterocycles. The topological polar surface area (TPSA) is 55.0 Å². The molecule has 0 radical (unpaired) electrons. The standard InChI is InChI=1S/C11H10N2O2/c1-6-5-8-10-7(11(14)13-12-8)3-2-4-9(10)15-6/h2-4,6H,5H2,1H3,(H,13,14). The Morgan fingerprint density at radius 1 is 1.53 bits per heavy atom. The lowest BCUT2D eigenvalue weighted by Crippen LogP contribution is -2.23. The van der Waals surface area contributed by atoms with Crippen LogP contribution in [-0.4, -0.2) is 16.3 Å². The van der Waals surface area contributed by atoms with Crippen LogP contribution in [0.1, 0.15) is 12.6 Å². The fourth-order valence-corrected chi connectivity index (χ4v) is 2.03. The summed E-state index contributed by atoms with van der Waals surface area (Å²) < 4.78 is 5.67. The Labute approximate surface area is 85.9 Å². The van der Waals surface area contributed by atoms with Crippen molar-refractivity contribution in [1.29, 1.82) is 0 Å². The number of H-pyrrole nitrogens is 1. The zero-order valence-electron chi connectivity index (χ0n) is 8.28. The molecule has 1 aromatic heterocycles. The zero-order valence-corrected chi connectivity index (χ0v) is 8.28. The molecule has 0 amide bonds. The Hall–Kier alpha value is -1.84. The van der Waals surface area contributed by atoms with Crippen LogP contribution in [0.4, 0.5) is 0 Å². The van der Waals surface area contributed by atoms with E-state index >= 15 is 0 Å². The summed E-state index contributed by atoms with van der Waals surface area (Å²) in [6.45, 7) is 1.99. The van der Waals surface area contributed by atoms with Crippen molar-refractivity contribution in [2.24, 2.45) is 0 Å². The van der Waals surface area contributed by atoms with Gasteiger partial charge in [0.2, 0.25) is 0 Å². The molecule has 2 heterocycles. The van der Waals surface area contributed by atoms with Crippen LogP contribution in [0, 0.1) is 0 Å². The van der Waals surface area contributed by atoms with Gasteiger partial charge in [-0.05, 0) is 19.1 Å². The van der Waals surface area contributed by atoms with Gasteiger partial charge in [-0.15, -0.1) is 0 Å². The summed E-state index contributed by atoms with van der Waals surface area (Å²) in [5.74, 6) is 0.764. The summed E-state index contributed by atoms with van der Waals surface area (Å²) in [6.07, 6.45) is 0.853. The van der Waals surface area contributed by atoms with E-state index in [2.05, 4.69) is 10.2 Å². The molecule has 0 spiro atoms. The molecule has 76 valence electrons. The number of nitrogens with zero attached hydrogens (tertiary/aromatic N) is 1. The zero-order chi connectivity index (χ0) is 10.4. The second kappa shape index (κ2) is 2.82. The molecule has 4 heteroatoms. The number of rotatable bonds is 0. The number of aromatic nitrogens is 2. The van der Waals surface area contributed by atoms with Gasteiger partial charge in [0.1, 0.15) is 11.9 Å². The van der Waals surface area contributed by atoms with Crippen molar-refractivity contribution in [3.8, 4) is 5.75 Å². The van der Waals surface area contributed by atoms with Crippen molar-refractivity contribution in [3.63, 3.8) is 0 Å². The van der Waals surface area contributed by atoms with Gasteiger partial charge >= 0.3 is 0 Å². The molecule has 1 N–H and O–H groups in total. The summed E-state index contributed by atoms with van der Waals surface area (Å²) in [4.78, 5) is 11.5. The van der Waals surface area contributed by atoms with Crippen LogP contribution in [-0.2, 0) is 6.42 Å². The van der Waals surface area contributed by atoms with Gasteiger partial charge in [0.15, 0.2) is 0 Å². The van der Waals surface area contributed by atoms with Gasteiger partial charge in [0, 0.05) is 6.42 Å². The molecule has 1 aliphatic rings. The molecule has 1 aromatic carbocycles. The van der Waals surface area contributed by atoms with E-state index in [9.17, 15) is 4.79 Å². The number of nitrogens with one attached hydrogen (secondary N) is 1. The van der Waals surface area contributed by atoms with Gasteiger partial charge in [-0.1, -0.05) is 6.07 Å². The predicted octanol–water partition coefficient (Wildman–Crippen LogP) is 1.25. The monoisotopic (exact) mass is 202 g/mol. The summed E-state index contributed by atoms with van der Waals surface area (Å²) in [6, 6.07) is 5.50. The van der Waals surface area contributed by atoms with Gasteiger partial charge in [-0.3, -0.25) is 4.79 Å². The van der Waals surface area contributed by atoms with E-state index in [-0.39, 0.29) is 11.7 Å². The molecule has 0 bridgehead atoms. The normalized spacial score (nSPS) is 18.9. The number of hydrogen-bond donors (Lipinski definition) is 1. The summed E-state index contributed by atoms with van der Waals surface area (Å²) in [7, 11) is 0. The number of ether oxygens (including phenoxy) is 1. The van der Waals surface area contributed by atoms with Crippen molar-refractivity contribution >= 4 is 10.8 Å². The molecular formula is C11H10N2O2. The minimum Gasteiger partial charge on any atom is -0.490 e. The van der Waals surface area contributed by atoms with Crippen LogP contribution < -0.4 is 10.3 Å². The Balaban J connectivity index is 2.47. The maximum Gasteiger partial charge on any atom is 0.272 e. The molecule has 0 saturated carbocycles. The Morgan fingerprint density at radius 2 is 2.40 bits per heavy atom. The average molecular weight is 202 g/mol. The highest BCUT2D eigenvalue weighted by Gasteiger charge is 2.20. The van der Waals surface area contributed by atoms with Crippen LogP contribution in [0.3, 0.4) is 0 Å². The molecular weight excluding hydrogens is 192 g/mol. The van der Waals surface area contributed by atoms with Crippen molar-refractivity contribution in [1.82, 2.24) is 10.2 Å². The molecule has 1 unspecified atom stereocenters. The SMILES string of the molecule is CC1Cc2n[nH]c(=O)c3cccc(c23)O1. The van der Waals surface area contributed by atoms with E-state index in [0.29, 0.717) is 5.39 Å². The minimum atomic E-state index is -0.159. The molecule has 0 saturated heterocycles. The first-order chi connectivity index (χ1) is 7.25. The first-order valence-electron chi connectivity index (χ1n) is 4.92. The van der Waals surface area contributed by atoms with Crippen LogP contribution in [0.2, 0.25) is 0 Å². The predicted molar refractivity (Wildman–Crippen MR) is 56.2 cm³/mol. The van der Waals surface area contributed by atoms with E-state index in [0.717, 1.165) is 23.3 Å². The van der Waals surface area contributed by atoms with Gasteiger partial charge in [-0.25, -0.2) is 5.10 Å². The van der Waals surface area contributed by atoms with Gasteiger partial charge in [-0.2, -0.15) is 5.10 Å². The van der Waals surface area contributed by atoms with Gasteiger partial charge in [0.25, 0.3) is 5.56 Å². The van der Waals surface area contributed by atoms with Crippen LogP contribution >= 0.6 is 0 Å². The molecule has 3 rings (SSSR count). The largest absolute Gasteiger partial charge is 0.490 e. The minimum absolute atomic E-state index is 0.113. The Kier molecular flexibility index (Phi) is 1.59. The van der Waals surface area contributed by atoms with Crippen molar-refractivity contribution < 1.29 is 4.74 Å². The highest BCUT2D eigenvalue weighted by atomic mass is 16.5. The number of hydrogen-bond acceptors (Lipinski definition) is 3. The quantitative estimate of drug-likeness (QED) is 0.699. The first-order valence-corrected chi connectivity index (χ1v) is 4.92. The second-order valence-corrected chi connectivity index (χ2v) is 3.81. The third-order valence-electron chi connectivity index (χ3n) is 2.66. The first kappa shape index (κ1) is 8.47. The highest BCUT2D eigenvalue weighted by Crippen LogP contribution is 2.31. The van der Waals surface area contributed by atoms with Gasteiger partial charge in [0.05, 0.1) is 16.5 Å². The summed E-state index contributed by atoms with van der Waals surface area (Å²) in [5, 5.41) is 8.10. The summed E-state index contributed by atoms with van der Waals surface area (Å²) in [5.41, 5.74) is 0.757. The molecule has 15 heavy (non-hydrogen) atoms. The molecule has 0 fully saturated rings. The Morgan fingerprint density at radius 3 is 3.27 bits per heavy atom. The maximum absolute atomic E-state index is 11.5. The van der Waals surface area contributed by atoms with Crippen molar-refractivity contribution in [2.45, 2.75) is 19.4 Å². The second-order valence-electron chi connectivity index (χ2n) is 3.81. The molecule has 0 aliphatic carbocycles. The van der Waals surface area contributed by atoms with Crippen LogP contribution in [0.15, 0.2) is 23.0 Å². The van der Waals surface area contributed by atoms with Crippen molar-refractivity contribution in [3.05, 3.63) is 34.2 Å². The smallest absolute Gasteiger partial charge is 0.272 e. The number of benzene rings is 1. The highest BCUT2D eigenvalue weighted by molar-refractivity contribution is 5.90. The lowest BCUT2D eigenvalue weighted by molar-refractivity contribution is 0.216. The lowest BCUT2D eigenvalue weighted by Gasteiger charge is -2.22. The third kappa shape index (κ3) is 1.14. The van der Waals surface area contributed by atoms with E-state index in [1.54, 1.807) is 6.07 Å². The fraction of sp³-hybridized carbons (Fsp3) is 0.273. The van der Waals surface area contributed by atoms with E-state index in [1.807, 2.05) is 19.1 Å². The fourth-order valence-electron chi connectivity index (χ4n) is 2.03.